The van der Waals surface area contributed by atoms with Gasteiger partial charge in [-0.25, -0.2) is 18.4 Å². The van der Waals surface area contributed by atoms with E-state index in [1.54, 1.807) is 19.3 Å². The van der Waals surface area contributed by atoms with Gasteiger partial charge in [0.15, 0.2) is 5.75 Å². The molecular weight excluding hydrogens is 312 g/mol. The van der Waals surface area contributed by atoms with Gasteiger partial charge in [0.2, 0.25) is 16.0 Å². The van der Waals surface area contributed by atoms with E-state index in [9.17, 15) is 13.5 Å². The summed E-state index contributed by atoms with van der Waals surface area (Å²) in [5, 5.41) is 9.18. The van der Waals surface area contributed by atoms with Gasteiger partial charge >= 0.3 is 0 Å². The second-order valence-electron chi connectivity index (χ2n) is 4.44. The quantitative estimate of drug-likeness (QED) is 0.876. The molecular formula is C12H18N4O3S2. The van der Waals surface area contributed by atoms with Crippen LogP contribution in [0.15, 0.2) is 22.7 Å². The fourth-order valence-electron chi connectivity index (χ4n) is 2.11. The van der Waals surface area contributed by atoms with Crippen molar-refractivity contribution in [3.8, 4) is 5.75 Å². The topological polar surface area (TPSA) is 86.6 Å². The average Bonchev–Trinajstić information content (AvgIpc) is 2.49. The van der Waals surface area contributed by atoms with Crippen molar-refractivity contribution in [2.24, 2.45) is 0 Å². The second-order valence-corrected chi connectivity index (χ2v) is 7.46. The third-order valence-electron chi connectivity index (χ3n) is 3.18. The largest absolute Gasteiger partial charge is 0.505 e. The number of aromatic nitrogens is 2. The van der Waals surface area contributed by atoms with Crippen LogP contribution >= 0.6 is 11.8 Å². The molecule has 0 radical (unpaired) electrons. The lowest BCUT2D eigenvalue weighted by atomic mass is 10.4. The van der Waals surface area contributed by atoms with E-state index in [1.165, 1.54) is 28.5 Å². The molecule has 0 aliphatic carbocycles. The zero-order valence-corrected chi connectivity index (χ0v) is 13.6. The van der Waals surface area contributed by atoms with Crippen LogP contribution in [-0.2, 0) is 10.0 Å². The summed E-state index contributed by atoms with van der Waals surface area (Å²) in [4.78, 5) is 9.98. The molecule has 1 aromatic heterocycles. The molecule has 0 spiro atoms. The van der Waals surface area contributed by atoms with E-state index in [2.05, 4.69) is 9.97 Å². The highest BCUT2D eigenvalue weighted by Crippen LogP contribution is 2.24. The normalized spacial score (nSPS) is 18.0. The Balaban J connectivity index is 2.05. The summed E-state index contributed by atoms with van der Waals surface area (Å²) < 4.78 is 26.6. The van der Waals surface area contributed by atoms with E-state index in [1.807, 2.05) is 4.90 Å². The fraction of sp³-hybridized carbons (Fsp3) is 0.500. The van der Waals surface area contributed by atoms with Gasteiger partial charge in [-0.15, -0.1) is 11.8 Å². The summed E-state index contributed by atoms with van der Waals surface area (Å²) in [7, 11) is -3.39. The number of rotatable bonds is 4. The van der Waals surface area contributed by atoms with Gasteiger partial charge in [-0.05, 0) is 13.2 Å². The first-order valence-electron chi connectivity index (χ1n) is 6.45. The summed E-state index contributed by atoms with van der Waals surface area (Å²) >= 11 is 1.23. The molecule has 0 amide bonds. The molecule has 0 unspecified atom stereocenters. The Morgan fingerprint density at radius 2 is 1.86 bits per heavy atom. The first-order valence-corrected chi connectivity index (χ1v) is 9.12. The van der Waals surface area contributed by atoms with E-state index in [-0.39, 0.29) is 5.75 Å². The van der Waals surface area contributed by atoms with Crippen molar-refractivity contribution in [1.29, 1.82) is 0 Å². The Morgan fingerprint density at radius 3 is 2.33 bits per heavy atom. The van der Waals surface area contributed by atoms with Crippen molar-refractivity contribution in [1.82, 2.24) is 14.3 Å². The molecule has 0 aromatic carbocycles. The molecule has 9 heteroatoms. The van der Waals surface area contributed by atoms with Crippen LogP contribution in [0.1, 0.15) is 6.92 Å². The van der Waals surface area contributed by atoms with Gasteiger partial charge in [-0.2, -0.15) is 4.31 Å². The molecule has 1 saturated heterocycles. The van der Waals surface area contributed by atoms with E-state index in [4.69, 9.17) is 0 Å². The SMILES string of the molecule is C/C=C(\SC)S(=O)(=O)N1CCN(c2ncc(O)cn2)CC1. The standard InChI is InChI=1S/C12H18N4O3S2/c1-3-11(20-2)21(18,19)16-6-4-15(5-7-16)12-13-8-10(17)9-14-12/h3,8-9,17H,4-7H2,1-2H3/b11-3+. The van der Waals surface area contributed by atoms with Crippen LogP contribution in [0.4, 0.5) is 5.95 Å². The highest BCUT2D eigenvalue weighted by atomic mass is 32.3. The predicted molar refractivity (Wildman–Crippen MR) is 83.7 cm³/mol. The first-order chi connectivity index (χ1) is 9.98. The number of aromatic hydroxyl groups is 1. The molecule has 1 N–H and O–H groups in total. The molecule has 0 bridgehead atoms. The zero-order chi connectivity index (χ0) is 15.5. The van der Waals surface area contributed by atoms with Crippen molar-refractivity contribution in [3.05, 3.63) is 22.7 Å². The number of hydrogen-bond acceptors (Lipinski definition) is 7. The van der Waals surface area contributed by atoms with Crippen molar-refractivity contribution in [2.45, 2.75) is 6.92 Å². The minimum absolute atomic E-state index is 0.0117. The second kappa shape index (κ2) is 6.63. The molecule has 1 aromatic rings. The van der Waals surface area contributed by atoms with Gasteiger partial charge in [0.25, 0.3) is 0 Å². The van der Waals surface area contributed by atoms with Crippen LogP contribution in [0.5, 0.6) is 5.75 Å². The van der Waals surface area contributed by atoms with Gasteiger partial charge in [0.1, 0.15) is 4.24 Å². The van der Waals surface area contributed by atoms with Gasteiger partial charge in [-0.1, -0.05) is 6.08 Å². The highest BCUT2D eigenvalue weighted by Gasteiger charge is 2.30. The minimum atomic E-state index is -3.39. The number of allylic oxidation sites excluding steroid dienone is 1. The first kappa shape index (κ1) is 16.1. The van der Waals surface area contributed by atoms with Gasteiger partial charge < -0.3 is 10.0 Å². The van der Waals surface area contributed by atoms with Crippen LogP contribution in [0.25, 0.3) is 0 Å². The number of thioether (sulfide) groups is 1. The minimum Gasteiger partial charge on any atom is -0.505 e. The van der Waals surface area contributed by atoms with E-state index in [0.717, 1.165) is 0 Å². The molecule has 0 saturated carbocycles. The molecule has 1 fully saturated rings. The highest BCUT2D eigenvalue weighted by molar-refractivity contribution is 8.17. The summed E-state index contributed by atoms with van der Waals surface area (Å²) in [6.45, 7) is 3.56. The molecule has 1 aliphatic heterocycles. The van der Waals surface area contributed by atoms with Gasteiger partial charge in [0, 0.05) is 26.2 Å². The molecule has 2 rings (SSSR count). The lowest BCUT2D eigenvalue weighted by Crippen LogP contribution is -2.49. The summed E-state index contributed by atoms with van der Waals surface area (Å²) in [6, 6.07) is 0. The monoisotopic (exact) mass is 330 g/mol. The maximum absolute atomic E-state index is 12.4. The zero-order valence-electron chi connectivity index (χ0n) is 11.9. The Morgan fingerprint density at radius 1 is 1.29 bits per heavy atom. The van der Waals surface area contributed by atoms with Crippen molar-refractivity contribution in [3.63, 3.8) is 0 Å². The maximum Gasteiger partial charge on any atom is 0.248 e. The molecule has 0 atom stereocenters. The van der Waals surface area contributed by atoms with Gasteiger partial charge in [0.05, 0.1) is 12.4 Å². The van der Waals surface area contributed by atoms with Crippen molar-refractivity contribution in [2.75, 3.05) is 37.3 Å². The predicted octanol–water partition coefficient (Wildman–Crippen LogP) is 0.858. The molecule has 116 valence electrons. The molecule has 1 aliphatic rings. The number of hydrogen-bond donors (Lipinski definition) is 1. The summed E-state index contributed by atoms with van der Waals surface area (Å²) in [5.41, 5.74) is 0. The number of nitrogens with zero attached hydrogens (tertiary/aromatic N) is 4. The third-order valence-corrected chi connectivity index (χ3v) is 6.74. The van der Waals surface area contributed by atoms with Crippen LogP contribution in [0, 0.1) is 0 Å². The lowest BCUT2D eigenvalue weighted by molar-refractivity contribution is 0.386. The van der Waals surface area contributed by atoms with Crippen LogP contribution in [-0.4, -0.2) is 60.2 Å². The maximum atomic E-state index is 12.4. The molecule has 21 heavy (non-hydrogen) atoms. The smallest absolute Gasteiger partial charge is 0.248 e. The average molecular weight is 330 g/mol. The van der Waals surface area contributed by atoms with E-state index in [0.29, 0.717) is 36.4 Å². The Bertz CT molecular complexity index is 608. The Kier molecular flexibility index (Phi) is 5.07. The van der Waals surface area contributed by atoms with Crippen LogP contribution in [0.3, 0.4) is 0 Å². The van der Waals surface area contributed by atoms with Crippen molar-refractivity contribution >= 4 is 27.7 Å². The van der Waals surface area contributed by atoms with Crippen LogP contribution in [0.2, 0.25) is 0 Å². The van der Waals surface area contributed by atoms with Crippen LogP contribution < -0.4 is 4.90 Å². The van der Waals surface area contributed by atoms with Gasteiger partial charge in [-0.3, -0.25) is 0 Å². The number of sulfonamides is 1. The number of anilines is 1. The number of piperazine rings is 1. The Hall–Kier alpha value is -1.32. The fourth-order valence-corrected chi connectivity index (χ4v) is 4.70. The van der Waals surface area contributed by atoms with Crippen molar-refractivity contribution < 1.29 is 13.5 Å². The van der Waals surface area contributed by atoms with E-state index >= 15 is 0 Å². The summed E-state index contributed by atoms with van der Waals surface area (Å²) in [5.74, 6) is 0.513. The lowest BCUT2D eigenvalue weighted by Gasteiger charge is -2.34. The third kappa shape index (κ3) is 3.47. The Labute approximate surface area is 128 Å². The van der Waals surface area contributed by atoms with E-state index < -0.39 is 10.0 Å². The molecule has 2 heterocycles. The summed E-state index contributed by atoms with van der Waals surface area (Å²) in [6.07, 6.45) is 6.04. The molecule has 7 nitrogen and oxygen atoms in total.